The maximum absolute atomic E-state index is 14.8. The lowest BCUT2D eigenvalue weighted by molar-refractivity contribution is -0.318. The predicted molar refractivity (Wildman–Crippen MR) is 265 cm³/mol. The lowest BCUT2D eigenvalue weighted by atomic mass is 9.79. The molecule has 3 saturated heterocycles. The molecule has 0 bridgehead atoms. The number of hydrogen-bond donors (Lipinski definition) is 5. The van der Waals surface area contributed by atoms with Gasteiger partial charge in [0.25, 0.3) is 0 Å². The van der Waals surface area contributed by atoms with Crippen LogP contribution in [0.3, 0.4) is 0 Å². The van der Waals surface area contributed by atoms with Gasteiger partial charge in [0, 0.05) is 64.3 Å². The van der Waals surface area contributed by atoms with Gasteiger partial charge < -0.3 is 73.2 Å². The number of aliphatic hydroxyl groups is 5. The van der Waals surface area contributed by atoms with Gasteiger partial charge in [-0.3, -0.25) is 4.79 Å². The van der Waals surface area contributed by atoms with Crippen LogP contribution in [0.25, 0.3) is 0 Å². The molecule has 3 fully saturated rings. The van der Waals surface area contributed by atoms with Gasteiger partial charge in [-0.25, -0.2) is 9.07 Å². The van der Waals surface area contributed by atoms with E-state index in [9.17, 15) is 34.7 Å². The summed E-state index contributed by atoms with van der Waals surface area (Å²) >= 11 is 0. The Morgan fingerprint density at radius 1 is 1.03 bits per heavy atom. The Bertz CT molecular complexity index is 2000. The molecule has 5 rings (SSSR count). The standard InChI is InChI=1S/C52H86FN5O14/c1-15-25-67-37-19-17-35(18-20-37)44(65-13)39(28-53)58-29-36(54-55-58)21-23-57(12)38-26-30(3)68-49(42(38)59)72-47-31(4)43(71-41-27-51(9,66-14)46(61)34(7)69-41)32(5)48(62)70-40(16-2)52(10,64)45(60)33(6)56(11)24-22-50(47,8)63/h15,17-20,29-34,38-47,49,59-61,63-64H,1,16,21-28H2,2-14H3/t30-,31+,32-,33-,34+,38+,39-,40-,41+,42-,43+,44-,45-,46+,47-,49+,50-,51-,52-/m1/s1. The normalized spacial score (nSPS) is 38.7. The van der Waals surface area contributed by atoms with Crippen molar-refractivity contribution in [2.24, 2.45) is 11.8 Å². The molecule has 3 aliphatic heterocycles. The smallest absolute Gasteiger partial charge is 0.311 e. The summed E-state index contributed by atoms with van der Waals surface area (Å²) in [7, 11) is 6.65. The molecule has 4 heterocycles. The molecule has 19 nitrogen and oxygen atoms in total. The first-order chi connectivity index (χ1) is 33.9. The summed E-state index contributed by atoms with van der Waals surface area (Å²) in [5, 5.41) is 68.0. The third-order valence-corrected chi connectivity index (χ3v) is 15.7. The number of likely N-dealkylation sites (N-methyl/N-ethyl adjacent to an activating group) is 2. The van der Waals surface area contributed by atoms with Crippen molar-refractivity contribution in [2.75, 3.05) is 54.7 Å². The van der Waals surface area contributed by atoms with Crippen LogP contribution in [0, 0.1) is 11.8 Å². The minimum atomic E-state index is -1.86. The average molecular weight is 1020 g/mol. The van der Waals surface area contributed by atoms with E-state index in [1.165, 1.54) is 25.8 Å². The minimum absolute atomic E-state index is 0.0828. The van der Waals surface area contributed by atoms with Crippen molar-refractivity contribution in [3.05, 3.63) is 54.4 Å². The van der Waals surface area contributed by atoms with E-state index in [-0.39, 0.29) is 25.8 Å². The van der Waals surface area contributed by atoms with Crippen LogP contribution >= 0.6 is 0 Å². The van der Waals surface area contributed by atoms with Gasteiger partial charge in [-0.2, -0.15) is 0 Å². The van der Waals surface area contributed by atoms with E-state index in [4.69, 9.17) is 37.9 Å². The minimum Gasteiger partial charge on any atom is -0.490 e. The second-order valence-corrected chi connectivity index (χ2v) is 21.2. The Kier molecular flexibility index (Phi) is 21.2. The second-order valence-electron chi connectivity index (χ2n) is 21.2. The maximum Gasteiger partial charge on any atom is 0.311 e. The Labute approximate surface area is 425 Å². The van der Waals surface area contributed by atoms with Gasteiger partial charge in [-0.05, 0) is 99.5 Å². The molecule has 0 spiro atoms. The molecule has 20 heteroatoms. The molecule has 1 aromatic carbocycles. The molecule has 0 unspecified atom stereocenters. The van der Waals surface area contributed by atoms with Crippen LogP contribution in [0.2, 0.25) is 0 Å². The van der Waals surface area contributed by atoms with E-state index >= 15 is 0 Å². The van der Waals surface area contributed by atoms with Crippen molar-refractivity contribution in [3.63, 3.8) is 0 Å². The number of hydrogen-bond acceptors (Lipinski definition) is 18. The third-order valence-electron chi connectivity index (χ3n) is 15.7. The highest BCUT2D eigenvalue weighted by Gasteiger charge is 2.53. The molecule has 19 atom stereocenters. The van der Waals surface area contributed by atoms with Crippen molar-refractivity contribution >= 4 is 5.97 Å². The molecule has 0 aliphatic carbocycles. The maximum atomic E-state index is 14.8. The van der Waals surface area contributed by atoms with Crippen LogP contribution < -0.4 is 4.74 Å². The monoisotopic (exact) mass is 1020 g/mol. The Balaban J connectivity index is 1.41. The number of cyclic esters (lactones) is 1. The number of carbonyl (C=O) groups excluding carboxylic acids is 1. The van der Waals surface area contributed by atoms with Crippen LogP contribution in [0.1, 0.15) is 111 Å². The number of nitrogens with zero attached hydrogens (tertiary/aromatic N) is 5. The SMILES string of the molecule is C=CCOc1ccc([C@@H](OC)[C@@H](CF)n2cc(CCN(C)[C@H]3C[C@@H](C)O[C@@H](O[C@@H]4[C@@H](C)[C@H](O[C@H]5C[C@@](C)(OC)[C@@H](O)[C@H](C)O5)[C@@H](C)C(=O)O[C@H](CC)[C@@](C)(O)[C@H](O)[C@@H](C)N(C)CC[C@@]4(C)O)[C@@H]3O)nn2)cc1. The summed E-state index contributed by atoms with van der Waals surface area (Å²) < 4.78 is 65.6. The summed E-state index contributed by atoms with van der Waals surface area (Å²) in [5.74, 6) is -2.00. The number of benzene rings is 1. The summed E-state index contributed by atoms with van der Waals surface area (Å²) in [4.78, 5) is 18.2. The number of methoxy groups -OCH3 is 2. The van der Waals surface area contributed by atoms with Crippen LogP contribution in [0.15, 0.2) is 43.1 Å². The number of carbonyl (C=O) groups is 1. The summed E-state index contributed by atoms with van der Waals surface area (Å²) in [6.07, 6.45) is -6.48. The van der Waals surface area contributed by atoms with E-state index < -0.39 is 127 Å². The van der Waals surface area contributed by atoms with Crippen molar-refractivity contribution in [1.29, 1.82) is 0 Å². The molecule has 1 aromatic heterocycles. The first kappa shape index (κ1) is 59.7. The number of aromatic nitrogens is 3. The number of rotatable bonds is 18. The molecule has 0 radical (unpaired) electrons. The average Bonchev–Trinajstić information content (AvgIpc) is 3.83. The zero-order valence-electron chi connectivity index (χ0n) is 44.8. The second kappa shape index (κ2) is 25.5. The summed E-state index contributed by atoms with van der Waals surface area (Å²) in [5.41, 5.74) is -3.28. The zero-order valence-corrected chi connectivity index (χ0v) is 44.8. The van der Waals surface area contributed by atoms with Crippen LogP contribution in [-0.2, 0) is 44.4 Å². The van der Waals surface area contributed by atoms with E-state index in [0.717, 1.165) is 5.56 Å². The largest absolute Gasteiger partial charge is 0.490 e. The number of aliphatic hydroxyl groups excluding tert-OH is 3. The molecule has 2 aromatic rings. The third kappa shape index (κ3) is 13.8. The van der Waals surface area contributed by atoms with Gasteiger partial charge >= 0.3 is 5.97 Å². The van der Waals surface area contributed by atoms with E-state index in [2.05, 4.69) is 16.9 Å². The van der Waals surface area contributed by atoms with Crippen molar-refractivity contribution in [1.82, 2.24) is 24.8 Å². The molecule has 5 N–H and O–H groups in total. The Hall–Kier alpha value is -3.22. The summed E-state index contributed by atoms with van der Waals surface area (Å²) in [6.45, 7) is 19.2. The predicted octanol–water partition coefficient (Wildman–Crippen LogP) is 3.93. The topological polar surface area (TPSA) is 229 Å². The van der Waals surface area contributed by atoms with E-state index in [1.807, 2.05) is 35.9 Å². The molecular formula is C52H86FN5O14. The number of esters is 1. The number of alkyl halides is 1. The van der Waals surface area contributed by atoms with Crippen LogP contribution in [-0.4, -0.2) is 201 Å². The molecule has 0 amide bonds. The number of ether oxygens (including phenoxy) is 8. The van der Waals surface area contributed by atoms with Gasteiger partial charge in [0.1, 0.15) is 61.2 Å². The lowest BCUT2D eigenvalue weighted by Crippen LogP contribution is -2.62. The van der Waals surface area contributed by atoms with Crippen molar-refractivity contribution in [2.45, 2.75) is 197 Å². The van der Waals surface area contributed by atoms with Gasteiger partial charge in [0.15, 0.2) is 12.6 Å². The van der Waals surface area contributed by atoms with Gasteiger partial charge in [0.05, 0.1) is 47.2 Å². The zero-order chi connectivity index (χ0) is 53.5. The van der Waals surface area contributed by atoms with Crippen molar-refractivity contribution in [3.8, 4) is 5.75 Å². The Morgan fingerprint density at radius 2 is 1.71 bits per heavy atom. The molecule has 3 aliphatic rings. The van der Waals surface area contributed by atoms with Crippen molar-refractivity contribution < 1.29 is 72.6 Å². The fraction of sp³-hybridized carbons (Fsp3) is 0.788. The quantitative estimate of drug-likeness (QED) is 0.105. The van der Waals surface area contributed by atoms with Gasteiger partial charge in [0.2, 0.25) is 0 Å². The lowest BCUT2D eigenvalue weighted by Gasteiger charge is -2.49. The van der Waals surface area contributed by atoms with E-state index in [0.29, 0.717) is 37.4 Å². The Morgan fingerprint density at radius 3 is 2.32 bits per heavy atom. The highest BCUT2D eigenvalue weighted by atomic mass is 19.1. The van der Waals surface area contributed by atoms with Crippen LogP contribution in [0.5, 0.6) is 5.75 Å². The fourth-order valence-electron chi connectivity index (χ4n) is 10.6. The first-order valence-corrected chi connectivity index (χ1v) is 25.5. The van der Waals surface area contributed by atoms with Gasteiger partial charge in [-0.15, -0.1) is 5.10 Å². The fourth-order valence-corrected chi connectivity index (χ4v) is 10.6. The molecule has 410 valence electrons. The molecule has 72 heavy (non-hydrogen) atoms. The highest BCUT2D eigenvalue weighted by molar-refractivity contribution is 5.73. The molecular weight excluding hydrogens is 938 g/mol. The first-order valence-electron chi connectivity index (χ1n) is 25.5. The number of halogens is 1. The molecule has 0 saturated carbocycles. The van der Waals surface area contributed by atoms with Gasteiger partial charge in [-0.1, -0.05) is 43.8 Å². The van der Waals surface area contributed by atoms with Crippen LogP contribution in [0.4, 0.5) is 4.39 Å². The van der Waals surface area contributed by atoms with E-state index in [1.54, 1.807) is 79.9 Å². The summed E-state index contributed by atoms with van der Waals surface area (Å²) in [6, 6.07) is 5.29. The highest BCUT2D eigenvalue weighted by Crippen LogP contribution is 2.40.